The molecule has 2 aromatic carbocycles. The number of aromatic hydroxyl groups is 1. The summed E-state index contributed by atoms with van der Waals surface area (Å²) in [4.78, 5) is 20.3. The molecule has 4 aromatic rings. The fourth-order valence-corrected chi connectivity index (χ4v) is 4.58. The maximum atomic E-state index is 14.0. The van der Waals surface area contributed by atoms with E-state index in [4.69, 9.17) is 4.74 Å². The number of hydrogen-bond acceptors (Lipinski definition) is 5. The molecule has 1 saturated heterocycles. The van der Waals surface area contributed by atoms with Gasteiger partial charge >= 0.3 is 0 Å². The van der Waals surface area contributed by atoms with E-state index in [0.29, 0.717) is 41.3 Å². The molecule has 9 heteroatoms. The third-order valence-electron chi connectivity index (χ3n) is 6.24. The van der Waals surface area contributed by atoms with Gasteiger partial charge in [-0.15, -0.1) is 24.8 Å². The molecule has 0 aliphatic carbocycles. The van der Waals surface area contributed by atoms with Gasteiger partial charge in [-0.3, -0.25) is 9.36 Å². The van der Waals surface area contributed by atoms with E-state index in [1.807, 2.05) is 71.8 Å². The molecule has 0 saturated carbocycles. The molecule has 1 fully saturated rings. The maximum Gasteiger partial charge on any atom is 0.261 e. The maximum absolute atomic E-state index is 14.0. The van der Waals surface area contributed by atoms with Gasteiger partial charge in [-0.05, 0) is 44.0 Å². The summed E-state index contributed by atoms with van der Waals surface area (Å²) >= 11 is 0. The number of rotatable bonds is 4. The molecule has 2 N–H and O–H groups in total. The number of carbonyl (C=O) groups excluding carboxylic acids is 1. The zero-order valence-corrected chi connectivity index (χ0v) is 22.0. The van der Waals surface area contributed by atoms with E-state index in [1.54, 1.807) is 6.07 Å². The molecule has 1 aliphatic rings. The van der Waals surface area contributed by atoms with E-state index >= 15 is 0 Å². The molecular formula is C27H30Cl2N4O3. The number of piperazine rings is 1. The van der Waals surface area contributed by atoms with Gasteiger partial charge in [0.15, 0.2) is 0 Å². The van der Waals surface area contributed by atoms with Crippen LogP contribution in [0.3, 0.4) is 0 Å². The molecule has 5 rings (SSSR count). The largest absolute Gasteiger partial charge is 0.506 e. The molecule has 1 atom stereocenters. The summed E-state index contributed by atoms with van der Waals surface area (Å²) in [6.07, 6.45) is 1.37. The smallest absolute Gasteiger partial charge is 0.261 e. The zero-order chi connectivity index (χ0) is 23.8. The third-order valence-corrected chi connectivity index (χ3v) is 6.24. The zero-order valence-electron chi connectivity index (χ0n) is 20.4. The fourth-order valence-electron chi connectivity index (χ4n) is 4.58. The Hall–Kier alpha value is -3.26. The van der Waals surface area contributed by atoms with Gasteiger partial charge in [0.05, 0.1) is 11.7 Å². The summed E-state index contributed by atoms with van der Waals surface area (Å²) in [7, 11) is 0. The van der Waals surface area contributed by atoms with Crippen molar-refractivity contribution in [1.82, 2.24) is 19.8 Å². The normalized spacial score (nSPS) is 15.2. The van der Waals surface area contributed by atoms with Crippen molar-refractivity contribution < 1.29 is 14.6 Å². The summed E-state index contributed by atoms with van der Waals surface area (Å²) in [5.41, 5.74) is 4.26. The Morgan fingerprint density at radius 1 is 1.08 bits per heavy atom. The summed E-state index contributed by atoms with van der Waals surface area (Å²) in [5, 5.41) is 13.7. The van der Waals surface area contributed by atoms with E-state index < -0.39 is 0 Å². The lowest BCUT2D eigenvalue weighted by Crippen LogP contribution is -2.51. The van der Waals surface area contributed by atoms with Crippen molar-refractivity contribution in [2.75, 3.05) is 19.6 Å². The van der Waals surface area contributed by atoms with Crippen molar-refractivity contribution in [2.45, 2.75) is 26.8 Å². The first-order chi connectivity index (χ1) is 16.4. The lowest BCUT2D eigenvalue weighted by molar-refractivity contribution is 0.0708. The van der Waals surface area contributed by atoms with Crippen LogP contribution in [0, 0.1) is 13.8 Å². The Labute approximate surface area is 222 Å². The molecule has 3 heterocycles. The van der Waals surface area contributed by atoms with Gasteiger partial charge in [0.2, 0.25) is 5.88 Å². The third kappa shape index (κ3) is 5.00. The molecular weight excluding hydrogens is 499 g/mol. The lowest BCUT2D eigenvalue weighted by atomic mass is 10.1. The highest BCUT2D eigenvalue weighted by Crippen LogP contribution is 2.40. The molecule has 7 nitrogen and oxygen atoms in total. The number of aryl methyl sites for hydroxylation is 2. The number of nitrogens with one attached hydrogen (secondary N) is 1. The summed E-state index contributed by atoms with van der Waals surface area (Å²) < 4.78 is 8.47. The molecule has 0 spiro atoms. The van der Waals surface area contributed by atoms with E-state index in [9.17, 15) is 9.90 Å². The Morgan fingerprint density at radius 3 is 2.44 bits per heavy atom. The minimum absolute atomic E-state index is 0. The summed E-state index contributed by atoms with van der Waals surface area (Å²) in [5.74, 6) is 0.991. The number of aromatic nitrogens is 2. The van der Waals surface area contributed by atoms with E-state index in [1.165, 1.54) is 6.20 Å². The second kappa shape index (κ2) is 11.2. The number of pyridine rings is 1. The highest BCUT2D eigenvalue weighted by Gasteiger charge is 2.32. The van der Waals surface area contributed by atoms with Gasteiger partial charge in [0, 0.05) is 37.4 Å². The van der Waals surface area contributed by atoms with Crippen LogP contribution in [-0.2, 0) is 0 Å². The number of benzene rings is 2. The molecule has 1 aliphatic heterocycles. The Balaban J connectivity index is 0.00000180. The number of carbonyl (C=O) groups is 1. The Morgan fingerprint density at radius 2 is 1.78 bits per heavy atom. The van der Waals surface area contributed by atoms with Crippen LogP contribution in [0.5, 0.6) is 17.4 Å². The first-order valence-corrected chi connectivity index (χ1v) is 11.5. The van der Waals surface area contributed by atoms with Crippen molar-refractivity contribution in [3.63, 3.8) is 0 Å². The second-order valence-electron chi connectivity index (χ2n) is 8.84. The second-order valence-corrected chi connectivity index (χ2v) is 8.84. The van der Waals surface area contributed by atoms with Crippen LogP contribution in [0.1, 0.15) is 28.4 Å². The van der Waals surface area contributed by atoms with Crippen molar-refractivity contribution in [3.05, 3.63) is 77.5 Å². The number of fused-ring (bicyclic) bond motifs is 1. The predicted octanol–water partition coefficient (Wildman–Crippen LogP) is 5.42. The number of halogens is 2. The first-order valence-electron chi connectivity index (χ1n) is 11.5. The minimum atomic E-state index is -0.132. The molecule has 0 radical (unpaired) electrons. The van der Waals surface area contributed by atoms with Gasteiger partial charge in [0.1, 0.15) is 22.6 Å². The molecule has 2 aromatic heterocycles. The number of para-hydroxylation sites is 2. The topological polar surface area (TPSA) is 79.6 Å². The SMILES string of the molecule is Cc1cccc(C)c1Oc1c(C(=O)N2CCNC(C)C2)c2ncc(O)cc2n1-c1ccccc1.Cl.Cl. The Kier molecular flexibility index (Phi) is 8.51. The van der Waals surface area contributed by atoms with E-state index in [2.05, 4.69) is 17.2 Å². The van der Waals surface area contributed by atoms with Crippen LogP contribution >= 0.6 is 24.8 Å². The average Bonchev–Trinajstić information content (AvgIpc) is 3.14. The first kappa shape index (κ1) is 27.3. The minimum Gasteiger partial charge on any atom is -0.506 e. The standard InChI is InChI=1S/C27H28N4O3.2ClH/c1-17-8-7-9-18(2)25(17)34-27-23(26(33)30-13-12-28-19(3)16-30)24-22(14-21(32)15-29-24)31(27)20-10-5-4-6-11-20;;/h4-11,14-15,19,28,32H,12-13,16H2,1-3H3;2*1H. The quantitative estimate of drug-likeness (QED) is 0.369. The van der Waals surface area contributed by atoms with Crippen LogP contribution in [0.15, 0.2) is 60.8 Å². The van der Waals surface area contributed by atoms with E-state index in [0.717, 1.165) is 23.4 Å². The van der Waals surface area contributed by atoms with Crippen molar-refractivity contribution in [1.29, 1.82) is 0 Å². The van der Waals surface area contributed by atoms with Crippen LogP contribution in [-0.4, -0.2) is 51.1 Å². The van der Waals surface area contributed by atoms with Crippen LogP contribution in [0.4, 0.5) is 0 Å². The monoisotopic (exact) mass is 528 g/mol. The molecule has 1 amide bonds. The van der Waals surface area contributed by atoms with Gasteiger partial charge in [-0.25, -0.2) is 4.98 Å². The van der Waals surface area contributed by atoms with Crippen molar-refractivity contribution in [2.24, 2.45) is 0 Å². The van der Waals surface area contributed by atoms with Gasteiger partial charge in [0.25, 0.3) is 5.91 Å². The fraction of sp³-hybridized carbons (Fsp3) is 0.259. The van der Waals surface area contributed by atoms with E-state index in [-0.39, 0.29) is 42.5 Å². The average molecular weight is 529 g/mol. The lowest BCUT2D eigenvalue weighted by Gasteiger charge is -2.32. The molecule has 0 bridgehead atoms. The summed E-state index contributed by atoms with van der Waals surface area (Å²) in [6, 6.07) is 17.5. The number of ether oxygens (including phenoxy) is 1. The van der Waals surface area contributed by atoms with Crippen molar-refractivity contribution in [3.8, 4) is 23.1 Å². The van der Waals surface area contributed by atoms with Gasteiger partial charge < -0.3 is 20.1 Å². The number of amides is 1. The molecule has 190 valence electrons. The van der Waals surface area contributed by atoms with Crippen LogP contribution in [0.25, 0.3) is 16.7 Å². The van der Waals surface area contributed by atoms with Crippen LogP contribution in [0.2, 0.25) is 0 Å². The highest BCUT2D eigenvalue weighted by atomic mass is 35.5. The number of hydrogen-bond donors (Lipinski definition) is 2. The van der Waals surface area contributed by atoms with Gasteiger partial charge in [-0.2, -0.15) is 0 Å². The Bertz CT molecular complexity index is 1350. The number of nitrogens with zero attached hydrogens (tertiary/aromatic N) is 3. The van der Waals surface area contributed by atoms with Crippen LogP contribution < -0.4 is 10.1 Å². The van der Waals surface area contributed by atoms with Crippen molar-refractivity contribution >= 4 is 41.8 Å². The predicted molar refractivity (Wildman–Crippen MR) is 147 cm³/mol. The molecule has 36 heavy (non-hydrogen) atoms. The summed E-state index contributed by atoms with van der Waals surface area (Å²) in [6.45, 7) is 7.96. The molecule has 1 unspecified atom stereocenters. The van der Waals surface area contributed by atoms with Gasteiger partial charge in [-0.1, -0.05) is 36.4 Å². The highest BCUT2D eigenvalue weighted by molar-refractivity contribution is 6.09.